The molecule has 0 aliphatic heterocycles. The molecule has 96 valence electrons. The van der Waals surface area contributed by atoms with Gasteiger partial charge in [0.2, 0.25) is 5.88 Å². The Bertz CT molecular complexity index is 330. The Balaban J connectivity index is 2.44. The van der Waals surface area contributed by atoms with Crippen LogP contribution in [0.15, 0.2) is 6.33 Å². The molecule has 1 heterocycles. The van der Waals surface area contributed by atoms with Gasteiger partial charge < -0.3 is 15.8 Å². The summed E-state index contributed by atoms with van der Waals surface area (Å²) < 4.78 is 5.31. The lowest BCUT2D eigenvalue weighted by Crippen LogP contribution is -2.09. The predicted octanol–water partition coefficient (Wildman–Crippen LogP) is 2.45. The minimum absolute atomic E-state index is 0.457. The van der Waals surface area contributed by atoms with Crippen LogP contribution in [-0.4, -0.2) is 23.1 Å². The van der Waals surface area contributed by atoms with E-state index in [4.69, 9.17) is 10.5 Å². The lowest BCUT2D eigenvalue weighted by atomic mass is 10.2. The molecule has 0 radical (unpaired) electrons. The van der Waals surface area contributed by atoms with Crippen molar-refractivity contribution in [3.63, 3.8) is 0 Å². The molecular weight excluding hydrogens is 216 g/mol. The third-order valence-corrected chi connectivity index (χ3v) is 2.45. The first-order valence-corrected chi connectivity index (χ1v) is 6.26. The number of aromatic nitrogens is 2. The fourth-order valence-corrected chi connectivity index (χ4v) is 1.53. The number of hydrogen-bond donors (Lipinski definition) is 2. The summed E-state index contributed by atoms with van der Waals surface area (Å²) in [4.78, 5) is 8.10. The fourth-order valence-electron chi connectivity index (χ4n) is 1.53. The Labute approximate surface area is 103 Å². The summed E-state index contributed by atoms with van der Waals surface area (Å²) in [5.41, 5.74) is 6.39. The Morgan fingerprint density at radius 2 is 2.06 bits per heavy atom. The summed E-state index contributed by atoms with van der Waals surface area (Å²) >= 11 is 0. The van der Waals surface area contributed by atoms with Crippen molar-refractivity contribution in [2.75, 3.05) is 24.2 Å². The van der Waals surface area contributed by atoms with Crippen molar-refractivity contribution in [3.05, 3.63) is 6.33 Å². The van der Waals surface area contributed by atoms with E-state index in [-0.39, 0.29) is 0 Å². The number of nitrogen functional groups attached to an aromatic ring is 1. The first kappa shape index (κ1) is 13.5. The maximum absolute atomic E-state index is 5.90. The van der Waals surface area contributed by atoms with Crippen molar-refractivity contribution in [3.8, 4) is 5.88 Å². The molecule has 0 unspecified atom stereocenters. The van der Waals surface area contributed by atoms with Crippen LogP contribution < -0.4 is 15.8 Å². The standard InChI is InChI=1S/C12H22N4O/c1-3-5-6-7-8-14-11-10(13)12(17-4-2)16-9-15-11/h9H,3-8,13H2,1-2H3,(H,14,15,16). The van der Waals surface area contributed by atoms with E-state index in [0.717, 1.165) is 13.0 Å². The summed E-state index contributed by atoms with van der Waals surface area (Å²) in [6.07, 6.45) is 6.33. The minimum atomic E-state index is 0.457. The molecule has 0 atom stereocenters. The van der Waals surface area contributed by atoms with Gasteiger partial charge in [0, 0.05) is 6.54 Å². The molecule has 0 aliphatic rings. The molecule has 0 saturated carbocycles. The first-order chi connectivity index (χ1) is 8.29. The Morgan fingerprint density at radius 3 is 2.76 bits per heavy atom. The van der Waals surface area contributed by atoms with Crippen molar-refractivity contribution in [1.29, 1.82) is 0 Å². The third-order valence-electron chi connectivity index (χ3n) is 2.45. The summed E-state index contributed by atoms with van der Waals surface area (Å²) in [7, 11) is 0. The van der Waals surface area contributed by atoms with E-state index in [1.165, 1.54) is 25.6 Å². The maximum Gasteiger partial charge on any atom is 0.242 e. The number of ether oxygens (including phenoxy) is 1. The normalized spacial score (nSPS) is 10.2. The molecule has 0 bridgehead atoms. The highest BCUT2D eigenvalue weighted by Gasteiger charge is 2.07. The molecule has 0 aromatic carbocycles. The van der Waals surface area contributed by atoms with Crippen LogP contribution in [0.3, 0.4) is 0 Å². The first-order valence-electron chi connectivity index (χ1n) is 6.26. The number of nitrogens with one attached hydrogen (secondary N) is 1. The van der Waals surface area contributed by atoms with Gasteiger partial charge in [-0.1, -0.05) is 26.2 Å². The topological polar surface area (TPSA) is 73.1 Å². The van der Waals surface area contributed by atoms with Crippen LogP contribution in [0.5, 0.6) is 5.88 Å². The lowest BCUT2D eigenvalue weighted by Gasteiger charge is -2.10. The van der Waals surface area contributed by atoms with Gasteiger partial charge in [-0.2, -0.15) is 4.98 Å². The molecule has 0 saturated heterocycles. The largest absolute Gasteiger partial charge is 0.476 e. The molecule has 1 rings (SSSR count). The van der Waals surface area contributed by atoms with Crippen molar-refractivity contribution in [1.82, 2.24) is 9.97 Å². The van der Waals surface area contributed by atoms with E-state index in [1.54, 1.807) is 0 Å². The lowest BCUT2D eigenvalue weighted by molar-refractivity contribution is 0.328. The average Bonchev–Trinajstić information content (AvgIpc) is 2.33. The molecular formula is C12H22N4O. The zero-order chi connectivity index (χ0) is 12.5. The SMILES string of the molecule is CCCCCCNc1ncnc(OCC)c1N. The summed E-state index contributed by atoms with van der Waals surface area (Å²) in [6.45, 7) is 5.54. The van der Waals surface area contributed by atoms with E-state index in [2.05, 4.69) is 22.2 Å². The zero-order valence-electron chi connectivity index (χ0n) is 10.7. The van der Waals surface area contributed by atoms with Gasteiger partial charge in [0.1, 0.15) is 12.0 Å². The molecule has 1 aromatic heterocycles. The second-order valence-electron chi connectivity index (χ2n) is 3.86. The van der Waals surface area contributed by atoms with Crippen molar-refractivity contribution < 1.29 is 4.74 Å². The van der Waals surface area contributed by atoms with Gasteiger partial charge >= 0.3 is 0 Å². The summed E-state index contributed by atoms with van der Waals surface area (Å²) in [6, 6.07) is 0. The second-order valence-corrected chi connectivity index (χ2v) is 3.86. The highest BCUT2D eigenvalue weighted by atomic mass is 16.5. The molecule has 5 nitrogen and oxygen atoms in total. The maximum atomic E-state index is 5.90. The molecule has 0 aliphatic carbocycles. The van der Waals surface area contributed by atoms with E-state index >= 15 is 0 Å². The van der Waals surface area contributed by atoms with E-state index in [1.807, 2.05) is 6.92 Å². The summed E-state index contributed by atoms with van der Waals surface area (Å²) in [5.74, 6) is 1.12. The minimum Gasteiger partial charge on any atom is -0.476 e. The monoisotopic (exact) mass is 238 g/mol. The molecule has 1 aromatic rings. The van der Waals surface area contributed by atoms with Crippen LogP contribution >= 0.6 is 0 Å². The molecule has 17 heavy (non-hydrogen) atoms. The fraction of sp³-hybridized carbons (Fsp3) is 0.667. The van der Waals surface area contributed by atoms with Gasteiger partial charge in [0.25, 0.3) is 0 Å². The molecule has 0 spiro atoms. The van der Waals surface area contributed by atoms with Gasteiger partial charge in [0.05, 0.1) is 6.61 Å². The van der Waals surface area contributed by atoms with E-state index < -0.39 is 0 Å². The average molecular weight is 238 g/mol. The number of unbranched alkanes of at least 4 members (excludes halogenated alkanes) is 3. The smallest absolute Gasteiger partial charge is 0.242 e. The van der Waals surface area contributed by atoms with Gasteiger partial charge in [-0.15, -0.1) is 0 Å². The highest BCUT2D eigenvalue weighted by Crippen LogP contribution is 2.24. The van der Waals surface area contributed by atoms with Crippen LogP contribution in [0, 0.1) is 0 Å². The number of anilines is 2. The van der Waals surface area contributed by atoms with Crippen LogP contribution in [0.2, 0.25) is 0 Å². The van der Waals surface area contributed by atoms with Crippen LogP contribution in [0.25, 0.3) is 0 Å². The number of hydrogen-bond acceptors (Lipinski definition) is 5. The van der Waals surface area contributed by atoms with Crippen LogP contribution in [0.4, 0.5) is 11.5 Å². The van der Waals surface area contributed by atoms with Crippen molar-refractivity contribution in [2.45, 2.75) is 39.5 Å². The third kappa shape index (κ3) is 4.46. The predicted molar refractivity (Wildman–Crippen MR) is 70.2 cm³/mol. The van der Waals surface area contributed by atoms with Gasteiger partial charge in [0.15, 0.2) is 5.82 Å². The quantitative estimate of drug-likeness (QED) is 0.680. The Hall–Kier alpha value is -1.52. The Morgan fingerprint density at radius 1 is 1.24 bits per heavy atom. The molecule has 5 heteroatoms. The van der Waals surface area contributed by atoms with Gasteiger partial charge in [-0.3, -0.25) is 0 Å². The van der Waals surface area contributed by atoms with Crippen LogP contribution in [0.1, 0.15) is 39.5 Å². The van der Waals surface area contributed by atoms with Crippen LogP contribution in [-0.2, 0) is 0 Å². The summed E-state index contributed by atoms with van der Waals surface area (Å²) in [5, 5.41) is 3.21. The zero-order valence-corrected chi connectivity index (χ0v) is 10.7. The van der Waals surface area contributed by atoms with E-state index in [9.17, 15) is 0 Å². The van der Waals surface area contributed by atoms with Crippen molar-refractivity contribution in [2.24, 2.45) is 0 Å². The molecule has 0 fully saturated rings. The van der Waals surface area contributed by atoms with Gasteiger partial charge in [-0.05, 0) is 13.3 Å². The van der Waals surface area contributed by atoms with Gasteiger partial charge in [-0.25, -0.2) is 4.98 Å². The molecule has 3 N–H and O–H groups in total. The van der Waals surface area contributed by atoms with E-state index in [0.29, 0.717) is 24.0 Å². The van der Waals surface area contributed by atoms with Crippen molar-refractivity contribution >= 4 is 11.5 Å². The Kier molecular flexibility index (Phi) is 6.14. The molecule has 0 amide bonds. The highest BCUT2D eigenvalue weighted by molar-refractivity contribution is 5.66. The second kappa shape index (κ2) is 7.70. The number of nitrogens with zero attached hydrogens (tertiary/aromatic N) is 2. The number of nitrogens with two attached hydrogens (primary N) is 1. The number of rotatable bonds is 8.